The summed E-state index contributed by atoms with van der Waals surface area (Å²) < 4.78 is 6.01. The van der Waals surface area contributed by atoms with Crippen molar-refractivity contribution in [3.05, 3.63) is 59.4 Å². The molecule has 5 nitrogen and oxygen atoms in total. The van der Waals surface area contributed by atoms with E-state index in [1.54, 1.807) is 0 Å². The Hall–Kier alpha value is -2.40. The number of pyridine rings is 1. The Labute approximate surface area is 142 Å². The minimum Gasteiger partial charge on any atom is -0.367 e. The number of urea groups is 1. The number of nitrogens with one attached hydrogen (secondary N) is 1. The highest BCUT2D eigenvalue weighted by atomic mass is 16.5. The fourth-order valence-corrected chi connectivity index (χ4v) is 2.98. The zero-order valence-electron chi connectivity index (χ0n) is 14.3. The van der Waals surface area contributed by atoms with Crippen LogP contribution in [0, 0.1) is 13.8 Å². The van der Waals surface area contributed by atoms with Gasteiger partial charge in [0.05, 0.1) is 24.0 Å². The number of hydrogen-bond acceptors (Lipinski definition) is 3. The number of hydrogen-bond donors (Lipinski definition) is 1. The number of ether oxygens (including phenoxy) is 1. The van der Waals surface area contributed by atoms with Crippen LogP contribution in [0.5, 0.6) is 0 Å². The van der Waals surface area contributed by atoms with Crippen molar-refractivity contribution in [3.63, 3.8) is 0 Å². The van der Waals surface area contributed by atoms with E-state index in [0.717, 1.165) is 22.6 Å². The van der Waals surface area contributed by atoms with Crippen molar-refractivity contribution in [3.8, 4) is 0 Å². The van der Waals surface area contributed by atoms with E-state index in [-0.39, 0.29) is 18.2 Å². The zero-order valence-corrected chi connectivity index (χ0v) is 14.3. The molecule has 1 aliphatic rings. The van der Waals surface area contributed by atoms with Gasteiger partial charge in [-0.3, -0.25) is 4.98 Å². The molecule has 1 fully saturated rings. The predicted octanol–water partition coefficient (Wildman–Crippen LogP) is 3.69. The highest BCUT2D eigenvalue weighted by Gasteiger charge is 2.29. The van der Waals surface area contributed by atoms with E-state index in [9.17, 15) is 4.79 Å². The lowest BCUT2D eigenvalue weighted by Crippen LogP contribution is -2.47. The van der Waals surface area contributed by atoms with E-state index in [0.29, 0.717) is 13.1 Å². The molecule has 2 unspecified atom stereocenters. The number of amides is 2. The van der Waals surface area contributed by atoms with Crippen LogP contribution in [0.25, 0.3) is 0 Å². The number of nitrogens with zero attached hydrogens (tertiary/aromatic N) is 2. The van der Waals surface area contributed by atoms with Crippen molar-refractivity contribution in [2.45, 2.75) is 33.0 Å². The van der Waals surface area contributed by atoms with Crippen molar-refractivity contribution in [2.75, 3.05) is 18.4 Å². The summed E-state index contributed by atoms with van der Waals surface area (Å²) >= 11 is 0. The lowest BCUT2D eigenvalue weighted by atomic mass is 10.1. The summed E-state index contributed by atoms with van der Waals surface area (Å²) in [7, 11) is 0. The maximum Gasteiger partial charge on any atom is 0.322 e. The number of anilines is 1. The second-order valence-electron chi connectivity index (χ2n) is 6.27. The van der Waals surface area contributed by atoms with Gasteiger partial charge in [0.1, 0.15) is 6.10 Å². The molecule has 1 aromatic heterocycles. The number of rotatable bonds is 2. The Morgan fingerprint density at radius 3 is 2.62 bits per heavy atom. The van der Waals surface area contributed by atoms with Gasteiger partial charge in [-0.2, -0.15) is 0 Å². The molecule has 2 atom stereocenters. The molecule has 0 spiro atoms. The fraction of sp³-hybridized carbons (Fsp3) is 0.368. The number of carbonyl (C=O) groups is 1. The molecule has 0 bridgehead atoms. The van der Waals surface area contributed by atoms with Gasteiger partial charge in [0, 0.05) is 12.2 Å². The Bertz CT molecular complexity index is 718. The average molecular weight is 325 g/mol. The lowest BCUT2D eigenvalue weighted by molar-refractivity contribution is -0.0642. The first-order valence-electron chi connectivity index (χ1n) is 8.23. The molecule has 1 saturated heterocycles. The molecule has 2 heterocycles. The first kappa shape index (κ1) is 16.5. The topological polar surface area (TPSA) is 54.5 Å². The highest BCUT2D eigenvalue weighted by Crippen LogP contribution is 2.25. The first-order valence-corrected chi connectivity index (χ1v) is 8.23. The third kappa shape index (κ3) is 3.74. The summed E-state index contributed by atoms with van der Waals surface area (Å²) in [5, 5.41) is 2.97. The van der Waals surface area contributed by atoms with Crippen molar-refractivity contribution in [1.29, 1.82) is 0 Å². The first-order chi connectivity index (χ1) is 11.5. The quantitative estimate of drug-likeness (QED) is 0.916. The Morgan fingerprint density at radius 2 is 1.92 bits per heavy atom. The van der Waals surface area contributed by atoms with Gasteiger partial charge >= 0.3 is 6.03 Å². The maximum absolute atomic E-state index is 12.7. The third-order valence-corrected chi connectivity index (χ3v) is 4.19. The maximum atomic E-state index is 12.7. The van der Waals surface area contributed by atoms with E-state index in [1.165, 1.54) is 0 Å². The SMILES string of the molecule is Cc1ccc(NC(=O)N2CC(C)OC(c3ccccc3)C2)c(C)n1. The molecule has 0 aliphatic carbocycles. The minimum absolute atomic E-state index is 0.00746. The molecule has 126 valence electrons. The van der Waals surface area contributed by atoms with Crippen LogP contribution < -0.4 is 5.32 Å². The molecule has 0 saturated carbocycles. The summed E-state index contributed by atoms with van der Waals surface area (Å²) in [6.45, 7) is 6.95. The van der Waals surface area contributed by atoms with E-state index < -0.39 is 0 Å². The molecule has 1 N–H and O–H groups in total. The fourth-order valence-electron chi connectivity index (χ4n) is 2.98. The highest BCUT2D eigenvalue weighted by molar-refractivity contribution is 5.90. The molecule has 2 aromatic rings. The van der Waals surface area contributed by atoms with Crippen LogP contribution in [0.4, 0.5) is 10.5 Å². The number of aryl methyl sites for hydroxylation is 2. The molecular formula is C19H23N3O2. The van der Waals surface area contributed by atoms with Crippen LogP contribution in [-0.2, 0) is 4.74 Å². The average Bonchev–Trinajstić information content (AvgIpc) is 2.57. The second-order valence-corrected chi connectivity index (χ2v) is 6.27. The third-order valence-electron chi connectivity index (χ3n) is 4.19. The molecule has 0 radical (unpaired) electrons. The number of carbonyl (C=O) groups excluding carboxylic acids is 1. The Kier molecular flexibility index (Phi) is 4.81. The smallest absolute Gasteiger partial charge is 0.322 e. The van der Waals surface area contributed by atoms with Crippen LogP contribution in [0.2, 0.25) is 0 Å². The Balaban J connectivity index is 1.72. The molecule has 1 aliphatic heterocycles. The van der Waals surface area contributed by atoms with Gasteiger partial charge in [0.25, 0.3) is 0 Å². The van der Waals surface area contributed by atoms with Gasteiger partial charge in [0.2, 0.25) is 0 Å². The van der Waals surface area contributed by atoms with Gasteiger partial charge in [-0.05, 0) is 38.5 Å². The number of benzene rings is 1. The van der Waals surface area contributed by atoms with Crippen LogP contribution in [0.1, 0.15) is 30.0 Å². The summed E-state index contributed by atoms with van der Waals surface area (Å²) in [5.74, 6) is 0. The predicted molar refractivity (Wildman–Crippen MR) is 94.0 cm³/mol. The zero-order chi connectivity index (χ0) is 17.1. The van der Waals surface area contributed by atoms with Crippen LogP contribution in [-0.4, -0.2) is 35.1 Å². The van der Waals surface area contributed by atoms with E-state index >= 15 is 0 Å². The molecule has 3 rings (SSSR count). The molecule has 5 heteroatoms. The van der Waals surface area contributed by atoms with E-state index in [4.69, 9.17) is 4.74 Å². The standard InChI is InChI=1S/C19H23N3O2/c1-13-9-10-17(15(3)20-13)21-19(23)22-11-14(2)24-18(12-22)16-7-5-4-6-8-16/h4-10,14,18H,11-12H2,1-3H3,(H,21,23). The van der Waals surface area contributed by atoms with Gasteiger partial charge < -0.3 is 15.0 Å². The summed E-state index contributed by atoms with van der Waals surface area (Å²) in [6.07, 6.45) is -0.107. The molecule has 2 amide bonds. The van der Waals surface area contributed by atoms with Crippen LogP contribution in [0.3, 0.4) is 0 Å². The molecule has 24 heavy (non-hydrogen) atoms. The largest absolute Gasteiger partial charge is 0.367 e. The molecular weight excluding hydrogens is 302 g/mol. The second kappa shape index (κ2) is 7.01. The van der Waals surface area contributed by atoms with Crippen molar-refractivity contribution in [1.82, 2.24) is 9.88 Å². The number of aromatic nitrogens is 1. The normalized spacial score (nSPS) is 20.7. The van der Waals surface area contributed by atoms with Crippen molar-refractivity contribution >= 4 is 11.7 Å². The van der Waals surface area contributed by atoms with Crippen molar-refractivity contribution in [2.24, 2.45) is 0 Å². The van der Waals surface area contributed by atoms with Gasteiger partial charge in [-0.1, -0.05) is 30.3 Å². The summed E-state index contributed by atoms with van der Waals surface area (Å²) in [5.41, 5.74) is 3.61. The van der Waals surface area contributed by atoms with Crippen molar-refractivity contribution < 1.29 is 9.53 Å². The minimum atomic E-state index is -0.111. The van der Waals surface area contributed by atoms with Crippen LogP contribution in [0.15, 0.2) is 42.5 Å². The van der Waals surface area contributed by atoms with Gasteiger partial charge in [-0.15, -0.1) is 0 Å². The van der Waals surface area contributed by atoms with Gasteiger partial charge in [-0.25, -0.2) is 4.79 Å². The van der Waals surface area contributed by atoms with Gasteiger partial charge in [0.15, 0.2) is 0 Å². The van der Waals surface area contributed by atoms with Crippen LogP contribution >= 0.6 is 0 Å². The lowest BCUT2D eigenvalue weighted by Gasteiger charge is -2.37. The monoisotopic (exact) mass is 325 g/mol. The summed E-state index contributed by atoms with van der Waals surface area (Å²) in [4.78, 5) is 18.9. The van der Waals surface area contributed by atoms with E-state index in [2.05, 4.69) is 10.3 Å². The summed E-state index contributed by atoms with van der Waals surface area (Å²) in [6, 6.07) is 13.7. The van der Waals surface area contributed by atoms with E-state index in [1.807, 2.05) is 68.1 Å². The molecule has 1 aromatic carbocycles. The number of morpholine rings is 1. The Morgan fingerprint density at radius 1 is 1.17 bits per heavy atom.